The van der Waals surface area contributed by atoms with E-state index in [2.05, 4.69) is 15.9 Å². The van der Waals surface area contributed by atoms with Gasteiger partial charge >= 0.3 is 5.97 Å². The van der Waals surface area contributed by atoms with Gasteiger partial charge in [0.15, 0.2) is 0 Å². The molecule has 0 aromatic heterocycles. The Morgan fingerprint density at radius 1 is 0.966 bits per heavy atom. The van der Waals surface area contributed by atoms with Gasteiger partial charge in [-0.15, -0.1) is 0 Å². The summed E-state index contributed by atoms with van der Waals surface area (Å²) in [4.78, 5) is 12.9. The van der Waals surface area contributed by atoms with Gasteiger partial charge in [-0.05, 0) is 40.5 Å². The Hall–Kier alpha value is -2.79. The molecule has 0 saturated carbocycles. The molecular weight excluding hydrogens is 432 g/mol. The van der Waals surface area contributed by atoms with E-state index in [-0.39, 0.29) is 5.97 Å². The van der Waals surface area contributed by atoms with Gasteiger partial charge in [0.05, 0.1) is 18.7 Å². The third kappa shape index (κ3) is 4.80. The minimum Gasteiger partial charge on any atom is -0.496 e. The second kappa shape index (κ2) is 9.61. The van der Waals surface area contributed by atoms with Gasteiger partial charge in [0.25, 0.3) is 0 Å². The zero-order valence-electron chi connectivity index (χ0n) is 16.6. The van der Waals surface area contributed by atoms with Gasteiger partial charge in [0.1, 0.15) is 24.0 Å². The molecule has 0 aliphatic carbocycles. The van der Waals surface area contributed by atoms with Crippen molar-refractivity contribution in [3.63, 3.8) is 0 Å². The van der Waals surface area contributed by atoms with E-state index in [4.69, 9.17) is 14.2 Å². The molecule has 0 N–H and O–H groups in total. The Balaban J connectivity index is 2.09. The summed E-state index contributed by atoms with van der Waals surface area (Å²) in [6.45, 7) is 2.36. The van der Waals surface area contributed by atoms with E-state index in [1.807, 2.05) is 73.7 Å². The number of carbonyl (C=O) groups excluding carboxylic acids is 1. The van der Waals surface area contributed by atoms with Crippen molar-refractivity contribution >= 4 is 21.9 Å². The fourth-order valence-electron chi connectivity index (χ4n) is 3.25. The molecular formula is C24H23BrO4. The maximum absolute atomic E-state index is 12.9. The number of benzene rings is 3. The SMILES string of the molecule is COC(=O)[C@@H](c1cc(C)ccc1OC)c1cccc(Br)c1OCc1ccccc1. The monoisotopic (exact) mass is 454 g/mol. The number of methoxy groups -OCH3 is 2. The summed E-state index contributed by atoms with van der Waals surface area (Å²) in [6, 6.07) is 21.3. The molecule has 3 rings (SSSR count). The fraction of sp³-hybridized carbons (Fsp3) is 0.208. The molecule has 0 aliphatic heterocycles. The summed E-state index contributed by atoms with van der Waals surface area (Å²) >= 11 is 3.57. The van der Waals surface area contributed by atoms with E-state index < -0.39 is 5.92 Å². The lowest BCUT2D eigenvalue weighted by Crippen LogP contribution is -2.18. The average molecular weight is 455 g/mol. The summed E-state index contributed by atoms with van der Waals surface area (Å²) in [6.07, 6.45) is 0. The number of hydrogen-bond acceptors (Lipinski definition) is 4. The molecule has 0 amide bonds. The summed E-state index contributed by atoms with van der Waals surface area (Å²) in [5.74, 6) is 0.171. The largest absolute Gasteiger partial charge is 0.496 e. The van der Waals surface area contributed by atoms with Gasteiger partial charge < -0.3 is 14.2 Å². The van der Waals surface area contributed by atoms with E-state index in [0.29, 0.717) is 23.7 Å². The van der Waals surface area contributed by atoms with Crippen LogP contribution in [0.3, 0.4) is 0 Å². The number of ether oxygens (including phenoxy) is 3. The van der Waals surface area contributed by atoms with Crippen molar-refractivity contribution in [1.82, 2.24) is 0 Å². The van der Waals surface area contributed by atoms with Crippen molar-refractivity contribution in [1.29, 1.82) is 0 Å². The fourth-order valence-corrected chi connectivity index (χ4v) is 3.75. The van der Waals surface area contributed by atoms with Crippen LogP contribution in [-0.2, 0) is 16.1 Å². The number of rotatable bonds is 7. The molecule has 4 nitrogen and oxygen atoms in total. The second-order valence-corrected chi connectivity index (χ2v) is 7.49. The van der Waals surface area contributed by atoms with Crippen LogP contribution in [0.4, 0.5) is 0 Å². The minimum atomic E-state index is -0.682. The molecule has 0 bridgehead atoms. The molecule has 3 aromatic rings. The third-order valence-electron chi connectivity index (χ3n) is 4.67. The molecule has 0 saturated heterocycles. The Kier molecular flexibility index (Phi) is 6.94. The molecule has 150 valence electrons. The maximum Gasteiger partial charge on any atom is 0.317 e. The molecule has 0 fully saturated rings. The lowest BCUT2D eigenvalue weighted by Gasteiger charge is -2.22. The molecule has 0 spiro atoms. The van der Waals surface area contributed by atoms with Gasteiger partial charge in [0.2, 0.25) is 0 Å². The van der Waals surface area contributed by atoms with E-state index in [1.54, 1.807) is 7.11 Å². The van der Waals surface area contributed by atoms with Crippen LogP contribution in [0.2, 0.25) is 0 Å². The van der Waals surface area contributed by atoms with Crippen molar-refractivity contribution in [2.24, 2.45) is 0 Å². The van der Waals surface area contributed by atoms with Crippen molar-refractivity contribution in [2.75, 3.05) is 14.2 Å². The van der Waals surface area contributed by atoms with Crippen LogP contribution in [0.1, 0.15) is 28.2 Å². The molecule has 0 heterocycles. The Morgan fingerprint density at radius 2 is 1.72 bits per heavy atom. The Morgan fingerprint density at radius 3 is 2.41 bits per heavy atom. The molecule has 1 atom stereocenters. The van der Waals surface area contributed by atoms with Crippen molar-refractivity contribution < 1.29 is 19.0 Å². The lowest BCUT2D eigenvalue weighted by molar-refractivity contribution is -0.141. The second-order valence-electron chi connectivity index (χ2n) is 6.63. The van der Waals surface area contributed by atoms with E-state index in [9.17, 15) is 4.79 Å². The van der Waals surface area contributed by atoms with E-state index in [0.717, 1.165) is 21.2 Å². The lowest BCUT2D eigenvalue weighted by atomic mass is 9.89. The number of para-hydroxylation sites is 1. The molecule has 0 radical (unpaired) electrons. The predicted octanol–water partition coefficient (Wildman–Crippen LogP) is 5.65. The molecule has 0 aliphatic rings. The Bertz CT molecular complexity index is 985. The molecule has 0 unspecified atom stereocenters. The van der Waals surface area contributed by atoms with Crippen LogP contribution in [0.15, 0.2) is 71.2 Å². The highest BCUT2D eigenvalue weighted by molar-refractivity contribution is 9.10. The van der Waals surface area contributed by atoms with Crippen LogP contribution in [-0.4, -0.2) is 20.2 Å². The summed E-state index contributed by atoms with van der Waals surface area (Å²) in [5, 5.41) is 0. The van der Waals surface area contributed by atoms with Crippen LogP contribution in [0.25, 0.3) is 0 Å². The van der Waals surface area contributed by atoms with Gasteiger partial charge in [0, 0.05) is 11.1 Å². The zero-order chi connectivity index (χ0) is 20.8. The van der Waals surface area contributed by atoms with Crippen molar-refractivity contribution in [3.05, 3.63) is 93.5 Å². The first kappa shape index (κ1) is 20.9. The van der Waals surface area contributed by atoms with Gasteiger partial charge in [-0.1, -0.05) is 60.2 Å². The quantitative estimate of drug-likeness (QED) is 0.432. The van der Waals surface area contributed by atoms with E-state index in [1.165, 1.54) is 7.11 Å². The maximum atomic E-state index is 12.9. The van der Waals surface area contributed by atoms with Crippen molar-refractivity contribution in [2.45, 2.75) is 19.4 Å². The Labute approximate surface area is 179 Å². The van der Waals surface area contributed by atoms with Crippen LogP contribution >= 0.6 is 15.9 Å². The van der Waals surface area contributed by atoms with Crippen LogP contribution < -0.4 is 9.47 Å². The number of halogens is 1. The van der Waals surface area contributed by atoms with Crippen LogP contribution in [0.5, 0.6) is 11.5 Å². The zero-order valence-corrected chi connectivity index (χ0v) is 18.2. The topological polar surface area (TPSA) is 44.8 Å². The normalized spacial score (nSPS) is 11.6. The number of hydrogen-bond donors (Lipinski definition) is 0. The average Bonchev–Trinajstić information content (AvgIpc) is 2.74. The van der Waals surface area contributed by atoms with Gasteiger partial charge in [-0.3, -0.25) is 4.79 Å². The number of aryl methyl sites for hydroxylation is 1. The summed E-state index contributed by atoms with van der Waals surface area (Å²) in [7, 11) is 2.98. The van der Waals surface area contributed by atoms with Gasteiger partial charge in [-0.2, -0.15) is 0 Å². The molecule has 5 heteroatoms. The third-order valence-corrected chi connectivity index (χ3v) is 5.29. The van der Waals surface area contributed by atoms with E-state index >= 15 is 0 Å². The highest BCUT2D eigenvalue weighted by Crippen LogP contribution is 2.41. The summed E-state index contributed by atoms with van der Waals surface area (Å²) in [5.41, 5.74) is 3.52. The van der Waals surface area contributed by atoms with Crippen LogP contribution in [0, 0.1) is 6.92 Å². The predicted molar refractivity (Wildman–Crippen MR) is 117 cm³/mol. The molecule has 3 aromatic carbocycles. The van der Waals surface area contributed by atoms with Crippen molar-refractivity contribution in [3.8, 4) is 11.5 Å². The summed E-state index contributed by atoms with van der Waals surface area (Å²) < 4.78 is 17.6. The number of esters is 1. The smallest absolute Gasteiger partial charge is 0.317 e. The first-order valence-electron chi connectivity index (χ1n) is 9.22. The minimum absolute atomic E-state index is 0.378. The highest BCUT2D eigenvalue weighted by atomic mass is 79.9. The highest BCUT2D eigenvalue weighted by Gasteiger charge is 2.30. The first-order valence-corrected chi connectivity index (χ1v) is 10.0. The first-order chi connectivity index (χ1) is 14.0. The van der Waals surface area contributed by atoms with Gasteiger partial charge in [-0.25, -0.2) is 0 Å². The molecule has 29 heavy (non-hydrogen) atoms. The number of carbonyl (C=O) groups is 1. The standard InChI is InChI=1S/C24H23BrO4/c1-16-12-13-21(27-2)19(14-16)22(24(26)28-3)18-10-7-11-20(25)23(18)29-15-17-8-5-4-6-9-17/h4-14,22H,15H2,1-3H3/t22-/m1/s1.